The van der Waals surface area contributed by atoms with Crippen molar-refractivity contribution in [3.05, 3.63) is 90.6 Å². The number of imidazole rings is 1. The summed E-state index contributed by atoms with van der Waals surface area (Å²) in [7, 11) is 0. The number of nitriles is 1. The van der Waals surface area contributed by atoms with E-state index in [1.54, 1.807) is 24.4 Å². The van der Waals surface area contributed by atoms with Crippen LogP contribution >= 0.6 is 0 Å². The van der Waals surface area contributed by atoms with Crippen LogP contribution in [0, 0.1) is 17.4 Å². The number of rotatable bonds is 4. The van der Waals surface area contributed by atoms with E-state index in [0.717, 1.165) is 33.4 Å². The molecule has 0 bridgehead atoms. The summed E-state index contributed by atoms with van der Waals surface area (Å²) in [5.41, 5.74) is 6.12. The second kappa shape index (κ2) is 9.63. The van der Waals surface area contributed by atoms with Gasteiger partial charge in [0, 0.05) is 39.0 Å². The predicted octanol–water partition coefficient (Wildman–Crippen LogP) is 6.39. The van der Waals surface area contributed by atoms with Gasteiger partial charge >= 0.3 is 0 Å². The summed E-state index contributed by atoms with van der Waals surface area (Å²) < 4.78 is 2.13. The van der Waals surface area contributed by atoms with Crippen molar-refractivity contribution in [3.63, 3.8) is 0 Å². The van der Waals surface area contributed by atoms with Crippen molar-refractivity contribution in [1.82, 2.24) is 14.5 Å². The Morgan fingerprint density at radius 3 is 2.38 bits per heavy atom. The molecule has 5 aromatic rings. The molecule has 6 heteroatoms. The summed E-state index contributed by atoms with van der Waals surface area (Å²) in [6.07, 6.45) is 1.73. The smallest absolute Gasteiger partial charge is 0.144 e. The molecule has 0 atom stereocenters. The van der Waals surface area contributed by atoms with Gasteiger partial charge in [-0.25, -0.2) is 4.98 Å². The second-order valence-corrected chi connectivity index (χ2v) is 8.11. The molecule has 1 N–H and O–H groups in total. The molecule has 3 aromatic carbocycles. The first-order chi connectivity index (χ1) is 16.1. The third-order valence-corrected chi connectivity index (χ3v) is 5.61. The summed E-state index contributed by atoms with van der Waals surface area (Å²) in [4.78, 5) is 9.41. The van der Waals surface area contributed by atoms with Gasteiger partial charge in [0.1, 0.15) is 11.6 Å². The van der Waals surface area contributed by atoms with Crippen molar-refractivity contribution < 1.29 is 26.2 Å². The maximum atomic E-state index is 10.5. The molecule has 170 valence electrons. The van der Waals surface area contributed by atoms with Gasteiger partial charge in [-0.05, 0) is 43.7 Å². The van der Waals surface area contributed by atoms with Gasteiger partial charge in [-0.2, -0.15) is 5.26 Å². The topological polar surface area (TPSA) is 74.7 Å². The quantitative estimate of drug-likeness (QED) is 0.235. The van der Waals surface area contributed by atoms with Gasteiger partial charge in [-0.15, -0.1) is 23.8 Å². The number of hydrogen-bond donors (Lipinski definition) is 1. The SMILES string of the molecule is CC(C)n1c(-c2ccccc2O)nc2c(-c3[c-]c(-c4ccccn4)cc(C#N)c3)cccc21.[Pt]. The van der Waals surface area contributed by atoms with E-state index in [9.17, 15) is 10.4 Å². The molecule has 5 nitrogen and oxygen atoms in total. The zero-order valence-corrected chi connectivity index (χ0v) is 20.9. The van der Waals surface area contributed by atoms with E-state index >= 15 is 0 Å². The Labute approximate surface area is 212 Å². The minimum Gasteiger partial charge on any atom is -0.507 e. The van der Waals surface area contributed by atoms with Crippen LogP contribution in [0.15, 0.2) is 79.0 Å². The van der Waals surface area contributed by atoms with Crippen molar-refractivity contribution in [2.24, 2.45) is 0 Å². The molecule has 0 amide bonds. The van der Waals surface area contributed by atoms with Crippen molar-refractivity contribution in [3.8, 4) is 45.6 Å². The monoisotopic (exact) mass is 624 g/mol. The van der Waals surface area contributed by atoms with Crippen molar-refractivity contribution in [2.75, 3.05) is 0 Å². The molecule has 0 saturated heterocycles. The number of fused-ring (bicyclic) bond motifs is 1. The minimum atomic E-state index is 0. The fourth-order valence-electron chi connectivity index (χ4n) is 4.15. The van der Waals surface area contributed by atoms with Crippen LogP contribution < -0.4 is 0 Å². The van der Waals surface area contributed by atoms with Gasteiger partial charge < -0.3 is 9.67 Å². The zero-order chi connectivity index (χ0) is 22.9. The Morgan fingerprint density at radius 2 is 1.68 bits per heavy atom. The summed E-state index contributed by atoms with van der Waals surface area (Å²) in [6.45, 7) is 4.19. The number of phenolic OH excluding ortho intramolecular Hbond substituents is 1. The van der Waals surface area contributed by atoms with Gasteiger partial charge in [0.2, 0.25) is 0 Å². The zero-order valence-electron chi connectivity index (χ0n) is 18.6. The first-order valence-corrected chi connectivity index (χ1v) is 10.8. The van der Waals surface area contributed by atoms with Gasteiger partial charge in [0.25, 0.3) is 0 Å². The van der Waals surface area contributed by atoms with E-state index in [2.05, 4.69) is 35.5 Å². The van der Waals surface area contributed by atoms with Crippen molar-refractivity contribution >= 4 is 11.0 Å². The third-order valence-electron chi connectivity index (χ3n) is 5.61. The summed E-state index contributed by atoms with van der Waals surface area (Å²) in [5, 5.41) is 20.2. The fraction of sp³-hybridized carbons (Fsp3) is 0.107. The molecule has 0 fully saturated rings. The molecule has 0 aliphatic carbocycles. The number of aromatic nitrogens is 3. The molecule has 0 spiro atoms. The van der Waals surface area contributed by atoms with Crippen LogP contribution in [0.25, 0.3) is 44.8 Å². The molecule has 0 aliphatic rings. The van der Waals surface area contributed by atoms with E-state index in [4.69, 9.17) is 4.98 Å². The molecule has 0 unspecified atom stereocenters. The fourth-order valence-corrected chi connectivity index (χ4v) is 4.15. The van der Waals surface area contributed by atoms with Crippen LogP contribution in [-0.4, -0.2) is 19.6 Å². The molecule has 5 rings (SSSR count). The molecular formula is C28H21N4OPt-. The standard InChI is InChI=1S/C28H21N4O.Pt/c1-18(2)32-25-11-7-9-22(27(25)31-28(32)23-8-3-4-12-26(23)33)20-14-19(17-29)15-21(16-20)24-10-5-6-13-30-24;/h3-15,18,33H,1-2H3;/q-1;. The first kappa shape index (κ1) is 23.4. The number of nitrogens with zero attached hydrogens (tertiary/aromatic N) is 4. The summed E-state index contributed by atoms with van der Waals surface area (Å²) >= 11 is 0. The number of hydrogen-bond acceptors (Lipinski definition) is 4. The minimum absolute atomic E-state index is 0. The van der Waals surface area contributed by atoms with Crippen LogP contribution in [0.5, 0.6) is 5.75 Å². The van der Waals surface area contributed by atoms with E-state index < -0.39 is 0 Å². The van der Waals surface area contributed by atoms with E-state index in [-0.39, 0.29) is 32.9 Å². The van der Waals surface area contributed by atoms with Crippen LogP contribution in [0.4, 0.5) is 0 Å². The maximum absolute atomic E-state index is 10.5. The van der Waals surface area contributed by atoms with Crippen LogP contribution in [0.3, 0.4) is 0 Å². The maximum Gasteiger partial charge on any atom is 0.144 e. The molecule has 2 aromatic heterocycles. The van der Waals surface area contributed by atoms with Gasteiger partial charge in [0.05, 0.1) is 22.7 Å². The van der Waals surface area contributed by atoms with Crippen molar-refractivity contribution in [1.29, 1.82) is 5.26 Å². The Hall–Kier alpha value is -3.74. The number of para-hydroxylation sites is 2. The molecule has 2 heterocycles. The number of benzene rings is 3. The van der Waals surface area contributed by atoms with Crippen LogP contribution in [0.2, 0.25) is 0 Å². The van der Waals surface area contributed by atoms with Gasteiger partial charge in [-0.3, -0.25) is 4.98 Å². The van der Waals surface area contributed by atoms with E-state index in [1.165, 1.54) is 0 Å². The number of phenols is 1. The Kier molecular flexibility index (Phi) is 6.63. The third kappa shape index (κ3) is 4.13. The predicted molar refractivity (Wildman–Crippen MR) is 129 cm³/mol. The van der Waals surface area contributed by atoms with Gasteiger partial charge in [-0.1, -0.05) is 47.5 Å². The van der Waals surface area contributed by atoms with Crippen LogP contribution in [0.1, 0.15) is 25.5 Å². The molecule has 0 aliphatic heterocycles. The average Bonchev–Trinajstić information content (AvgIpc) is 3.24. The average molecular weight is 625 g/mol. The van der Waals surface area contributed by atoms with Crippen LogP contribution in [-0.2, 0) is 21.1 Å². The molecule has 0 saturated carbocycles. The molecule has 34 heavy (non-hydrogen) atoms. The molecule has 0 radical (unpaired) electrons. The van der Waals surface area contributed by atoms with E-state index in [1.807, 2.05) is 54.6 Å². The van der Waals surface area contributed by atoms with Gasteiger partial charge in [0.15, 0.2) is 0 Å². The van der Waals surface area contributed by atoms with Crippen molar-refractivity contribution in [2.45, 2.75) is 19.9 Å². The Bertz CT molecular complexity index is 1520. The Balaban J connectivity index is 0.00000274. The first-order valence-electron chi connectivity index (χ1n) is 10.8. The number of pyridine rings is 1. The molecular weight excluding hydrogens is 603 g/mol. The summed E-state index contributed by atoms with van der Waals surface area (Å²) in [6, 6.07) is 28.4. The van der Waals surface area contributed by atoms with E-state index in [0.29, 0.717) is 17.0 Å². The normalized spacial score (nSPS) is 10.8. The Morgan fingerprint density at radius 1 is 0.941 bits per heavy atom. The largest absolute Gasteiger partial charge is 0.507 e. The summed E-state index contributed by atoms with van der Waals surface area (Å²) in [5.74, 6) is 0.888. The number of aromatic hydroxyl groups is 1. The second-order valence-electron chi connectivity index (χ2n) is 8.11.